The second-order valence-electron chi connectivity index (χ2n) is 5.97. The summed E-state index contributed by atoms with van der Waals surface area (Å²) in [5.74, 6) is 0. The van der Waals surface area contributed by atoms with E-state index in [1.165, 1.54) is 0 Å². The second-order valence-corrected chi connectivity index (χ2v) is 6.81. The van der Waals surface area contributed by atoms with Crippen LogP contribution in [0.15, 0.2) is 30.5 Å². The summed E-state index contributed by atoms with van der Waals surface area (Å²) in [7, 11) is 3.32. The molecule has 26 heavy (non-hydrogen) atoms. The fraction of sp³-hybridized carbons (Fsp3) is 0.368. The van der Waals surface area contributed by atoms with Crippen LogP contribution in [0.25, 0.3) is 22.3 Å². The maximum atomic E-state index is 6.42. The third kappa shape index (κ3) is 3.52. The quantitative estimate of drug-likeness (QED) is 0.538. The van der Waals surface area contributed by atoms with Gasteiger partial charge in [0, 0.05) is 47.1 Å². The maximum absolute atomic E-state index is 6.42. The van der Waals surface area contributed by atoms with Gasteiger partial charge in [-0.15, -0.1) is 0 Å². The molecule has 2 aromatic heterocycles. The van der Waals surface area contributed by atoms with Crippen molar-refractivity contribution in [1.82, 2.24) is 14.5 Å². The second kappa shape index (κ2) is 8.25. The van der Waals surface area contributed by atoms with Gasteiger partial charge in [0.15, 0.2) is 5.65 Å². The highest BCUT2D eigenvalue weighted by molar-refractivity contribution is 6.36. The monoisotopic (exact) mass is 393 g/mol. The summed E-state index contributed by atoms with van der Waals surface area (Å²) in [6.45, 7) is 2.79. The van der Waals surface area contributed by atoms with Crippen molar-refractivity contribution in [1.29, 1.82) is 0 Å². The van der Waals surface area contributed by atoms with Gasteiger partial charge in [0.05, 0.1) is 7.11 Å². The van der Waals surface area contributed by atoms with Gasteiger partial charge in [-0.1, -0.05) is 36.2 Å². The highest BCUT2D eigenvalue weighted by Crippen LogP contribution is 2.37. The molecule has 0 aliphatic carbocycles. The van der Waals surface area contributed by atoms with E-state index in [0.717, 1.165) is 35.1 Å². The predicted octanol–water partition coefficient (Wildman–Crippen LogP) is 5.40. The fourth-order valence-corrected chi connectivity index (χ4v) is 3.65. The first-order chi connectivity index (χ1) is 12.6. The van der Waals surface area contributed by atoms with E-state index in [1.807, 2.05) is 22.8 Å². The van der Waals surface area contributed by atoms with Crippen LogP contribution in [0.2, 0.25) is 10.0 Å². The number of imidazole rings is 1. The van der Waals surface area contributed by atoms with Crippen LogP contribution >= 0.6 is 23.2 Å². The summed E-state index contributed by atoms with van der Waals surface area (Å²) in [6.07, 6.45) is 3.53. The van der Waals surface area contributed by atoms with E-state index in [9.17, 15) is 0 Å². The molecule has 3 rings (SSSR count). The Morgan fingerprint density at radius 2 is 1.96 bits per heavy atom. The van der Waals surface area contributed by atoms with Crippen molar-refractivity contribution in [2.24, 2.45) is 0 Å². The van der Waals surface area contributed by atoms with Gasteiger partial charge >= 0.3 is 0 Å². The molecule has 138 valence electrons. The molecule has 3 aromatic rings. The Bertz CT molecular complexity index is 911. The van der Waals surface area contributed by atoms with Crippen LogP contribution in [-0.4, -0.2) is 35.4 Å². The van der Waals surface area contributed by atoms with E-state index in [1.54, 1.807) is 26.5 Å². The Morgan fingerprint density at radius 3 is 2.62 bits per heavy atom. The van der Waals surface area contributed by atoms with Crippen molar-refractivity contribution in [3.8, 4) is 17.1 Å². The van der Waals surface area contributed by atoms with Gasteiger partial charge in [0.2, 0.25) is 0 Å². The van der Waals surface area contributed by atoms with Crippen LogP contribution in [0, 0.1) is 0 Å². The molecule has 2 heterocycles. The Hall–Kier alpha value is -1.82. The average molecular weight is 394 g/mol. The number of hydrogen-bond donors (Lipinski definition) is 0. The molecule has 5 nitrogen and oxygen atoms in total. The molecule has 1 unspecified atom stereocenters. The van der Waals surface area contributed by atoms with Crippen molar-refractivity contribution < 1.29 is 9.47 Å². The van der Waals surface area contributed by atoms with Crippen LogP contribution in [0.4, 0.5) is 0 Å². The number of aromatic nitrogens is 3. The lowest BCUT2D eigenvalue weighted by atomic mass is 10.1. The molecule has 0 fully saturated rings. The molecule has 0 aliphatic rings. The SMILES string of the molecule is CCC(CCOC)n1c(OC)nc2c(-c3ccc(Cl)cc3Cl)ccnc21. The van der Waals surface area contributed by atoms with Gasteiger partial charge in [-0.3, -0.25) is 4.57 Å². The molecule has 0 saturated carbocycles. The molecule has 0 bridgehead atoms. The maximum Gasteiger partial charge on any atom is 0.298 e. The van der Waals surface area contributed by atoms with E-state index in [-0.39, 0.29) is 6.04 Å². The number of benzene rings is 1. The van der Waals surface area contributed by atoms with Gasteiger partial charge in [-0.05, 0) is 31.0 Å². The van der Waals surface area contributed by atoms with Crippen molar-refractivity contribution >= 4 is 34.4 Å². The van der Waals surface area contributed by atoms with Gasteiger partial charge in [0.1, 0.15) is 5.52 Å². The molecule has 0 N–H and O–H groups in total. The van der Waals surface area contributed by atoms with Crippen molar-refractivity contribution in [3.63, 3.8) is 0 Å². The predicted molar refractivity (Wildman–Crippen MR) is 105 cm³/mol. The Morgan fingerprint density at radius 1 is 1.15 bits per heavy atom. The zero-order chi connectivity index (χ0) is 18.7. The molecule has 1 atom stereocenters. The number of methoxy groups -OCH3 is 2. The number of ether oxygens (including phenoxy) is 2. The molecule has 0 spiro atoms. The number of fused-ring (bicyclic) bond motifs is 1. The van der Waals surface area contributed by atoms with E-state index in [0.29, 0.717) is 22.7 Å². The van der Waals surface area contributed by atoms with Crippen LogP contribution in [-0.2, 0) is 4.74 Å². The first-order valence-electron chi connectivity index (χ1n) is 8.46. The van der Waals surface area contributed by atoms with E-state index >= 15 is 0 Å². The van der Waals surface area contributed by atoms with Crippen molar-refractivity contribution in [2.75, 3.05) is 20.8 Å². The Balaban J connectivity index is 2.20. The number of hydrogen-bond acceptors (Lipinski definition) is 4. The molecule has 7 heteroatoms. The van der Waals surface area contributed by atoms with Crippen LogP contribution in [0.5, 0.6) is 6.01 Å². The average Bonchev–Trinajstić information content (AvgIpc) is 3.01. The Kier molecular flexibility index (Phi) is 6.01. The third-order valence-corrected chi connectivity index (χ3v) is 4.99. The highest BCUT2D eigenvalue weighted by atomic mass is 35.5. The summed E-state index contributed by atoms with van der Waals surface area (Å²) in [4.78, 5) is 9.26. The smallest absolute Gasteiger partial charge is 0.298 e. The number of halogens is 2. The number of rotatable bonds is 7. The van der Waals surface area contributed by atoms with Crippen LogP contribution in [0.3, 0.4) is 0 Å². The molecular weight excluding hydrogens is 373 g/mol. The normalized spacial score (nSPS) is 12.5. The number of pyridine rings is 1. The van der Waals surface area contributed by atoms with Crippen LogP contribution < -0.4 is 4.74 Å². The number of nitrogens with zero attached hydrogens (tertiary/aromatic N) is 3. The first-order valence-corrected chi connectivity index (χ1v) is 9.21. The van der Waals surface area contributed by atoms with Crippen molar-refractivity contribution in [2.45, 2.75) is 25.8 Å². The third-order valence-electron chi connectivity index (χ3n) is 4.44. The molecule has 0 saturated heterocycles. The Labute approximate surface area is 162 Å². The highest BCUT2D eigenvalue weighted by Gasteiger charge is 2.22. The largest absolute Gasteiger partial charge is 0.468 e. The molecule has 0 aliphatic heterocycles. The van der Waals surface area contributed by atoms with Crippen molar-refractivity contribution in [3.05, 3.63) is 40.5 Å². The standard InChI is InChI=1S/C19H21Cl2N3O2/c1-4-13(8-10-25-2)24-18-17(23-19(24)26-3)15(7-9-22-18)14-6-5-12(20)11-16(14)21/h5-7,9,11,13H,4,8,10H2,1-3H3. The minimum Gasteiger partial charge on any atom is -0.468 e. The van der Waals surface area contributed by atoms with Gasteiger partial charge in [-0.25, -0.2) is 4.98 Å². The topological polar surface area (TPSA) is 49.2 Å². The fourth-order valence-electron chi connectivity index (χ4n) is 3.14. The summed E-state index contributed by atoms with van der Waals surface area (Å²) >= 11 is 12.5. The summed E-state index contributed by atoms with van der Waals surface area (Å²) < 4.78 is 12.8. The summed E-state index contributed by atoms with van der Waals surface area (Å²) in [6, 6.07) is 8.06. The minimum atomic E-state index is 0.179. The minimum absolute atomic E-state index is 0.179. The van der Waals surface area contributed by atoms with Gasteiger partial charge in [-0.2, -0.15) is 4.98 Å². The van der Waals surface area contributed by atoms with Crippen LogP contribution in [0.1, 0.15) is 25.8 Å². The molecular formula is C19H21Cl2N3O2. The summed E-state index contributed by atoms with van der Waals surface area (Å²) in [5, 5.41) is 1.17. The summed E-state index contributed by atoms with van der Waals surface area (Å²) in [5.41, 5.74) is 3.29. The molecule has 0 amide bonds. The first kappa shape index (κ1) is 19.0. The molecule has 1 aromatic carbocycles. The molecule has 0 radical (unpaired) electrons. The zero-order valence-corrected chi connectivity index (χ0v) is 16.5. The van der Waals surface area contributed by atoms with Gasteiger partial charge in [0.25, 0.3) is 6.01 Å². The van der Waals surface area contributed by atoms with E-state index in [2.05, 4.69) is 11.9 Å². The lowest BCUT2D eigenvalue weighted by molar-refractivity contribution is 0.175. The zero-order valence-electron chi connectivity index (χ0n) is 15.0. The lowest BCUT2D eigenvalue weighted by Gasteiger charge is -2.18. The van der Waals surface area contributed by atoms with E-state index in [4.69, 9.17) is 37.7 Å². The van der Waals surface area contributed by atoms with E-state index < -0.39 is 0 Å². The lowest BCUT2D eigenvalue weighted by Crippen LogP contribution is -2.12. The van der Waals surface area contributed by atoms with Gasteiger partial charge < -0.3 is 9.47 Å².